The van der Waals surface area contributed by atoms with E-state index in [-0.39, 0.29) is 23.9 Å². The minimum Gasteiger partial charge on any atom is -0.494 e. The van der Waals surface area contributed by atoms with Crippen molar-refractivity contribution in [1.82, 2.24) is 19.0 Å². The standard InChI is InChI=1S/C38H38N6O3/c1-4-5-34(45)40-28-13-10-23(11-14-28)24-8-9-25-18-32(43(31(25)17-24)20-22-6-7-22)37-41-29-16-27(19-33(47-3)36(29)42(37)2)38(46)44-21-26-12-15-30(44)35(26)39/h8-11,13-14,16-19,22,26,30,35H,6-7,12,15,20-21,39H2,1-3H3,(H,40,45). The SMILES string of the molecule is CC#CC(=O)Nc1ccc(-c2ccc3cc(-c4nc5cc(C(=O)N6CC7CCC6C7N)cc(OC)c5n4C)n(CC4CC4)c3c2)cc1. The van der Waals surface area contributed by atoms with Gasteiger partial charge in [0.2, 0.25) is 0 Å². The Morgan fingerprint density at radius 3 is 2.49 bits per heavy atom. The number of imidazole rings is 1. The van der Waals surface area contributed by atoms with Crippen LogP contribution in [0.1, 0.15) is 43.0 Å². The highest BCUT2D eigenvalue weighted by atomic mass is 16.5. The Morgan fingerprint density at radius 2 is 1.81 bits per heavy atom. The Morgan fingerprint density at radius 1 is 1.02 bits per heavy atom. The summed E-state index contributed by atoms with van der Waals surface area (Å²) in [5.74, 6) is 7.30. The summed E-state index contributed by atoms with van der Waals surface area (Å²) in [5.41, 5.74) is 13.7. The number of piperidine rings is 1. The van der Waals surface area contributed by atoms with Crippen molar-refractivity contribution in [3.63, 3.8) is 0 Å². The zero-order valence-corrected chi connectivity index (χ0v) is 26.9. The first-order valence-electron chi connectivity index (χ1n) is 16.4. The number of fused-ring (bicyclic) bond motifs is 4. The molecule has 3 atom stereocenters. The number of nitrogens with zero attached hydrogens (tertiary/aromatic N) is 4. The van der Waals surface area contributed by atoms with Crippen molar-refractivity contribution in [3.8, 4) is 40.2 Å². The van der Waals surface area contributed by atoms with Crippen LogP contribution in [0.3, 0.4) is 0 Å². The zero-order chi connectivity index (χ0) is 32.4. The first-order valence-corrected chi connectivity index (χ1v) is 16.4. The van der Waals surface area contributed by atoms with Crippen molar-refractivity contribution in [1.29, 1.82) is 0 Å². The number of ether oxygens (including phenoxy) is 1. The Bertz CT molecular complexity index is 2130. The molecule has 2 aliphatic carbocycles. The number of hydrogen-bond acceptors (Lipinski definition) is 5. The molecule has 2 amide bonds. The van der Waals surface area contributed by atoms with E-state index in [9.17, 15) is 9.59 Å². The monoisotopic (exact) mass is 626 g/mol. The highest BCUT2D eigenvalue weighted by molar-refractivity contribution is 6.04. The number of amides is 2. The van der Waals surface area contributed by atoms with E-state index in [1.165, 1.54) is 12.8 Å². The molecule has 238 valence electrons. The van der Waals surface area contributed by atoms with Gasteiger partial charge in [0.05, 0.1) is 18.3 Å². The van der Waals surface area contributed by atoms with Crippen molar-refractivity contribution < 1.29 is 14.3 Å². The van der Waals surface area contributed by atoms with Gasteiger partial charge in [-0.15, -0.1) is 0 Å². The number of likely N-dealkylation sites (tertiary alicyclic amines) is 1. The van der Waals surface area contributed by atoms with Gasteiger partial charge >= 0.3 is 0 Å². The van der Waals surface area contributed by atoms with Crippen LogP contribution in [0.25, 0.3) is 44.6 Å². The van der Waals surface area contributed by atoms with Gasteiger partial charge in [0.1, 0.15) is 11.3 Å². The molecule has 0 radical (unpaired) electrons. The van der Waals surface area contributed by atoms with E-state index in [1.807, 2.05) is 48.3 Å². The lowest BCUT2D eigenvalue weighted by molar-refractivity contribution is -0.111. The van der Waals surface area contributed by atoms with Gasteiger partial charge in [0.15, 0.2) is 5.82 Å². The summed E-state index contributed by atoms with van der Waals surface area (Å²) in [6, 6.07) is 20.5. The number of aryl methyl sites for hydroxylation is 1. The normalized spacial score (nSPS) is 20.1. The molecule has 9 nitrogen and oxygen atoms in total. The van der Waals surface area contributed by atoms with Crippen LogP contribution in [0.15, 0.2) is 60.7 Å². The molecule has 3 unspecified atom stereocenters. The molecule has 3 fully saturated rings. The number of aromatic nitrogens is 3. The summed E-state index contributed by atoms with van der Waals surface area (Å²) in [6.07, 6.45) is 4.51. The summed E-state index contributed by atoms with van der Waals surface area (Å²) in [6.45, 7) is 3.27. The fourth-order valence-electron chi connectivity index (χ4n) is 7.66. The maximum absolute atomic E-state index is 13.7. The summed E-state index contributed by atoms with van der Waals surface area (Å²) in [7, 11) is 3.67. The number of benzene rings is 3. The molecule has 1 saturated heterocycles. The topological polar surface area (TPSA) is 107 Å². The van der Waals surface area contributed by atoms with Crippen LogP contribution in [0.5, 0.6) is 5.75 Å². The molecule has 3 heterocycles. The molecule has 8 rings (SSSR count). The second-order valence-corrected chi connectivity index (χ2v) is 13.2. The number of anilines is 1. The van der Waals surface area contributed by atoms with Crippen LogP contribution in [0, 0.1) is 23.7 Å². The molecule has 9 heteroatoms. The maximum atomic E-state index is 13.7. The van der Waals surface area contributed by atoms with Gasteiger partial charge in [-0.25, -0.2) is 4.98 Å². The van der Waals surface area contributed by atoms with E-state index in [0.717, 1.165) is 70.5 Å². The first-order chi connectivity index (χ1) is 22.8. The summed E-state index contributed by atoms with van der Waals surface area (Å²) >= 11 is 0. The van der Waals surface area contributed by atoms with E-state index in [0.29, 0.717) is 28.8 Å². The van der Waals surface area contributed by atoms with E-state index >= 15 is 0 Å². The molecule has 3 aromatic carbocycles. The summed E-state index contributed by atoms with van der Waals surface area (Å²) < 4.78 is 10.4. The maximum Gasteiger partial charge on any atom is 0.300 e. The highest BCUT2D eigenvalue weighted by Crippen LogP contribution is 2.41. The number of carbonyl (C=O) groups is 2. The number of methoxy groups -OCH3 is 1. The van der Waals surface area contributed by atoms with Gasteiger partial charge in [-0.05, 0) is 97.9 Å². The molecule has 1 aliphatic heterocycles. The van der Waals surface area contributed by atoms with Gasteiger partial charge in [-0.3, -0.25) is 9.59 Å². The Labute approximate surface area is 273 Å². The molecule has 3 N–H and O–H groups in total. The van der Waals surface area contributed by atoms with Gasteiger partial charge < -0.3 is 29.8 Å². The first kappa shape index (κ1) is 29.3. The molecule has 2 aromatic heterocycles. The fourth-order valence-corrected chi connectivity index (χ4v) is 7.66. The summed E-state index contributed by atoms with van der Waals surface area (Å²) in [4.78, 5) is 32.8. The van der Waals surface area contributed by atoms with Crippen LogP contribution < -0.4 is 15.8 Å². The molecular formula is C38H38N6O3. The van der Waals surface area contributed by atoms with Crippen molar-refractivity contribution in [3.05, 3.63) is 66.2 Å². The van der Waals surface area contributed by atoms with E-state index in [2.05, 4.69) is 50.6 Å². The van der Waals surface area contributed by atoms with Crippen molar-refractivity contribution >= 4 is 39.4 Å². The molecule has 5 aromatic rings. The van der Waals surface area contributed by atoms with Gasteiger partial charge in [0, 0.05) is 54.4 Å². The molecule has 2 saturated carbocycles. The minimum absolute atomic E-state index is 0.000442. The quantitative estimate of drug-likeness (QED) is 0.222. The zero-order valence-electron chi connectivity index (χ0n) is 26.9. The predicted octanol–water partition coefficient (Wildman–Crippen LogP) is 5.80. The van der Waals surface area contributed by atoms with Gasteiger partial charge in [-0.1, -0.05) is 30.2 Å². The molecule has 3 aliphatic rings. The lowest BCUT2D eigenvalue weighted by atomic mass is 10.0. The van der Waals surface area contributed by atoms with Gasteiger partial charge in [-0.2, -0.15) is 0 Å². The highest BCUT2D eigenvalue weighted by Gasteiger charge is 2.47. The largest absolute Gasteiger partial charge is 0.494 e. The van der Waals surface area contributed by atoms with Crippen LogP contribution in [0.2, 0.25) is 0 Å². The molecular weight excluding hydrogens is 588 g/mol. The minimum atomic E-state index is -0.322. The van der Waals surface area contributed by atoms with E-state index < -0.39 is 0 Å². The van der Waals surface area contributed by atoms with Crippen LogP contribution in [0.4, 0.5) is 5.69 Å². The van der Waals surface area contributed by atoms with Crippen LogP contribution >= 0.6 is 0 Å². The lowest BCUT2D eigenvalue weighted by Gasteiger charge is -2.27. The second-order valence-electron chi connectivity index (χ2n) is 13.2. The Balaban J connectivity index is 1.18. The Kier molecular flexibility index (Phi) is 7.07. The fraction of sp³-hybridized carbons (Fsp3) is 0.342. The van der Waals surface area contributed by atoms with Crippen molar-refractivity contribution in [2.75, 3.05) is 19.0 Å². The average Bonchev–Trinajstić information content (AvgIpc) is 3.48. The van der Waals surface area contributed by atoms with E-state index in [4.69, 9.17) is 15.5 Å². The predicted molar refractivity (Wildman–Crippen MR) is 184 cm³/mol. The number of carbonyl (C=O) groups excluding carboxylic acids is 2. The van der Waals surface area contributed by atoms with Crippen molar-refractivity contribution in [2.45, 2.75) is 51.2 Å². The van der Waals surface area contributed by atoms with Crippen LogP contribution in [-0.4, -0.2) is 56.6 Å². The van der Waals surface area contributed by atoms with Gasteiger partial charge in [0.25, 0.3) is 11.8 Å². The molecule has 2 bridgehead atoms. The number of nitrogens with two attached hydrogens (primary N) is 1. The Hall–Kier alpha value is -5.07. The third kappa shape index (κ3) is 5.04. The lowest BCUT2D eigenvalue weighted by Crippen LogP contribution is -2.41. The number of hydrogen-bond donors (Lipinski definition) is 2. The third-order valence-electron chi connectivity index (χ3n) is 10.3. The number of rotatable bonds is 7. The van der Waals surface area contributed by atoms with Crippen molar-refractivity contribution in [2.24, 2.45) is 24.6 Å². The second kappa shape index (κ2) is 11.3. The average molecular weight is 627 g/mol. The van der Waals surface area contributed by atoms with Crippen LogP contribution in [-0.2, 0) is 18.4 Å². The summed E-state index contributed by atoms with van der Waals surface area (Å²) in [5, 5.41) is 3.95. The molecule has 0 spiro atoms. The molecule has 47 heavy (non-hydrogen) atoms. The van der Waals surface area contributed by atoms with E-state index in [1.54, 1.807) is 14.0 Å². The number of nitrogens with one attached hydrogen (secondary N) is 1. The smallest absolute Gasteiger partial charge is 0.300 e. The third-order valence-corrected chi connectivity index (χ3v) is 10.3.